The van der Waals surface area contributed by atoms with Gasteiger partial charge in [-0.25, -0.2) is 0 Å². The molecule has 0 saturated heterocycles. The van der Waals surface area contributed by atoms with E-state index in [4.69, 9.17) is 5.14 Å². The van der Waals surface area contributed by atoms with Gasteiger partial charge in [-0.3, -0.25) is 5.14 Å². The quantitative estimate of drug-likeness (QED) is 0.726. The Bertz CT molecular complexity index is 228. The zero-order valence-corrected chi connectivity index (χ0v) is 8.40. The van der Waals surface area contributed by atoms with Crippen LogP contribution < -0.4 is 5.14 Å². The second-order valence-corrected chi connectivity index (χ2v) is 4.07. The Morgan fingerprint density at radius 3 is 2.25 bits per heavy atom. The van der Waals surface area contributed by atoms with E-state index in [0.717, 1.165) is 17.2 Å². The Kier molecular flexibility index (Phi) is 3.63. The van der Waals surface area contributed by atoms with Gasteiger partial charge in [-0.2, -0.15) is 0 Å². The third kappa shape index (κ3) is 2.88. The summed E-state index contributed by atoms with van der Waals surface area (Å²) < 4.78 is 0. The summed E-state index contributed by atoms with van der Waals surface area (Å²) in [6.45, 7) is 4.46. The highest BCUT2D eigenvalue weighted by Crippen LogP contribution is 2.14. The lowest BCUT2D eigenvalue weighted by Crippen LogP contribution is -1.93. The zero-order chi connectivity index (χ0) is 8.97. The van der Waals surface area contributed by atoms with Crippen LogP contribution in [0.4, 0.5) is 0 Å². The average molecular weight is 181 g/mol. The monoisotopic (exact) mass is 181 g/mol. The van der Waals surface area contributed by atoms with E-state index in [2.05, 4.69) is 38.1 Å². The molecule has 0 saturated carbocycles. The summed E-state index contributed by atoms with van der Waals surface area (Å²) in [5.74, 6) is 0.723. The van der Waals surface area contributed by atoms with Crippen molar-refractivity contribution < 1.29 is 0 Å². The second kappa shape index (κ2) is 4.53. The first kappa shape index (κ1) is 9.62. The molecule has 0 radical (unpaired) electrons. The molecule has 1 aromatic carbocycles. The van der Waals surface area contributed by atoms with Crippen LogP contribution in [-0.2, 0) is 6.42 Å². The standard InChI is InChI=1S/C10H15NS/c1-8(2)7-9-3-5-10(12-11)6-4-9/h3-6,8H,7,11H2,1-2H3. The number of nitrogens with two attached hydrogens (primary N) is 1. The van der Waals surface area contributed by atoms with Crippen molar-refractivity contribution >= 4 is 11.9 Å². The summed E-state index contributed by atoms with van der Waals surface area (Å²) in [6, 6.07) is 8.44. The lowest BCUT2D eigenvalue weighted by Gasteiger charge is -2.04. The van der Waals surface area contributed by atoms with Crippen molar-refractivity contribution in [1.29, 1.82) is 0 Å². The van der Waals surface area contributed by atoms with E-state index in [-0.39, 0.29) is 0 Å². The first-order valence-corrected chi connectivity index (χ1v) is 5.06. The van der Waals surface area contributed by atoms with Crippen LogP contribution in [0.3, 0.4) is 0 Å². The van der Waals surface area contributed by atoms with E-state index in [0.29, 0.717) is 0 Å². The Morgan fingerprint density at radius 1 is 1.25 bits per heavy atom. The number of hydrogen-bond acceptors (Lipinski definition) is 2. The van der Waals surface area contributed by atoms with Gasteiger partial charge in [0.2, 0.25) is 0 Å². The van der Waals surface area contributed by atoms with Gasteiger partial charge in [0.15, 0.2) is 0 Å². The Balaban J connectivity index is 2.65. The van der Waals surface area contributed by atoms with Crippen molar-refractivity contribution in [3.8, 4) is 0 Å². The topological polar surface area (TPSA) is 26.0 Å². The maximum atomic E-state index is 5.42. The molecular weight excluding hydrogens is 166 g/mol. The summed E-state index contributed by atoms with van der Waals surface area (Å²) in [4.78, 5) is 1.13. The Hall–Kier alpha value is -0.470. The molecule has 0 aliphatic carbocycles. The first-order valence-electron chi connectivity index (χ1n) is 4.18. The summed E-state index contributed by atoms with van der Waals surface area (Å²) in [5, 5.41) is 5.42. The van der Waals surface area contributed by atoms with Gasteiger partial charge in [-0.15, -0.1) is 0 Å². The minimum Gasteiger partial charge on any atom is -0.274 e. The second-order valence-electron chi connectivity index (χ2n) is 3.36. The van der Waals surface area contributed by atoms with Crippen LogP contribution in [0.5, 0.6) is 0 Å². The number of benzene rings is 1. The molecule has 12 heavy (non-hydrogen) atoms. The van der Waals surface area contributed by atoms with Crippen molar-refractivity contribution in [1.82, 2.24) is 0 Å². The van der Waals surface area contributed by atoms with Gasteiger partial charge in [0.05, 0.1) is 0 Å². The molecular formula is C10H15NS. The SMILES string of the molecule is CC(C)Cc1ccc(SN)cc1. The normalized spacial score (nSPS) is 10.7. The fourth-order valence-corrected chi connectivity index (χ4v) is 1.47. The van der Waals surface area contributed by atoms with Crippen LogP contribution in [-0.4, -0.2) is 0 Å². The van der Waals surface area contributed by atoms with E-state index in [1.807, 2.05) is 0 Å². The van der Waals surface area contributed by atoms with Gasteiger partial charge in [-0.05, 0) is 42.0 Å². The van der Waals surface area contributed by atoms with Gasteiger partial charge in [0.1, 0.15) is 0 Å². The highest BCUT2D eigenvalue weighted by Gasteiger charge is 1.97. The largest absolute Gasteiger partial charge is 0.274 e. The molecule has 2 N–H and O–H groups in total. The van der Waals surface area contributed by atoms with Gasteiger partial charge < -0.3 is 0 Å². The molecule has 0 amide bonds. The third-order valence-electron chi connectivity index (χ3n) is 1.70. The summed E-state index contributed by atoms with van der Waals surface area (Å²) in [5.41, 5.74) is 1.39. The predicted octanol–water partition coefficient (Wildman–Crippen LogP) is 2.85. The molecule has 0 aliphatic heterocycles. The molecule has 0 aromatic heterocycles. The lowest BCUT2D eigenvalue weighted by atomic mass is 10.0. The van der Waals surface area contributed by atoms with Crippen molar-refractivity contribution in [2.75, 3.05) is 0 Å². The van der Waals surface area contributed by atoms with Crippen LogP contribution in [0.25, 0.3) is 0 Å². The van der Waals surface area contributed by atoms with Crippen LogP contribution in [0.2, 0.25) is 0 Å². The fraction of sp³-hybridized carbons (Fsp3) is 0.400. The Morgan fingerprint density at radius 2 is 1.83 bits per heavy atom. The minimum absolute atomic E-state index is 0.723. The molecule has 0 heterocycles. The molecule has 2 heteroatoms. The van der Waals surface area contributed by atoms with Crippen LogP contribution in [0.15, 0.2) is 29.2 Å². The Labute approximate surface area is 78.5 Å². The smallest absolute Gasteiger partial charge is 0.0226 e. The fourth-order valence-electron chi connectivity index (χ4n) is 1.18. The number of rotatable bonds is 3. The maximum absolute atomic E-state index is 5.42. The molecule has 0 fully saturated rings. The summed E-state index contributed by atoms with van der Waals surface area (Å²) in [7, 11) is 0. The molecule has 0 aliphatic rings. The summed E-state index contributed by atoms with van der Waals surface area (Å²) in [6.07, 6.45) is 1.15. The summed E-state index contributed by atoms with van der Waals surface area (Å²) >= 11 is 1.30. The van der Waals surface area contributed by atoms with Crippen LogP contribution >= 0.6 is 11.9 Å². The van der Waals surface area contributed by atoms with E-state index >= 15 is 0 Å². The van der Waals surface area contributed by atoms with Gasteiger partial charge in [0, 0.05) is 4.90 Å². The van der Waals surface area contributed by atoms with Gasteiger partial charge in [-0.1, -0.05) is 26.0 Å². The average Bonchev–Trinajstić information content (AvgIpc) is 2.05. The van der Waals surface area contributed by atoms with Gasteiger partial charge >= 0.3 is 0 Å². The molecule has 0 unspecified atom stereocenters. The highest BCUT2D eigenvalue weighted by atomic mass is 32.2. The van der Waals surface area contributed by atoms with Crippen molar-refractivity contribution in [3.63, 3.8) is 0 Å². The van der Waals surface area contributed by atoms with E-state index in [9.17, 15) is 0 Å². The van der Waals surface area contributed by atoms with Crippen molar-refractivity contribution in [3.05, 3.63) is 29.8 Å². The maximum Gasteiger partial charge on any atom is 0.0226 e. The molecule has 0 bridgehead atoms. The molecule has 1 aromatic rings. The van der Waals surface area contributed by atoms with Gasteiger partial charge in [0.25, 0.3) is 0 Å². The molecule has 1 rings (SSSR count). The molecule has 0 spiro atoms. The zero-order valence-electron chi connectivity index (χ0n) is 7.58. The predicted molar refractivity (Wildman–Crippen MR) is 55.0 cm³/mol. The lowest BCUT2D eigenvalue weighted by molar-refractivity contribution is 0.647. The third-order valence-corrected chi connectivity index (χ3v) is 2.25. The van der Waals surface area contributed by atoms with E-state index in [1.165, 1.54) is 17.5 Å². The van der Waals surface area contributed by atoms with Crippen LogP contribution in [0.1, 0.15) is 19.4 Å². The molecule has 66 valence electrons. The highest BCUT2D eigenvalue weighted by molar-refractivity contribution is 7.97. The van der Waals surface area contributed by atoms with Crippen molar-refractivity contribution in [2.45, 2.75) is 25.2 Å². The first-order chi connectivity index (χ1) is 5.72. The van der Waals surface area contributed by atoms with Crippen molar-refractivity contribution in [2.24, 2.45) is 11.1 Å². The molecule has 1 nitrogen and oxygen atoms in total. The minimum atomic E-state index is 0.723. The number of hydrogen-bond donors (Lipinski definition) is 1. The van der Waals surface area contributed by atoms with E-state index < -0.39 is 0 Å². The van der Waals surface area contributed by atoms with Crippen LogP contribution in [0, 0.1) is 5.92 Å². The molecule has 0 atom stereocenters. The van der Waals surface area contributed by atoms with E-state index in [1.54, 1.807) is 0 Å².